The number of rotatable bonds is 6. The molecule has 0 radical (unpaired) electrons. The van der Waals surface area contributed by atoms with Crippen LogP contribution in [0.15, 0.2) is 72.1 Å². The summed E-state index contributed by atoms with van der Waals surface area (Å²) in [6.07, 6.45) is 0. The topological polar surface area (TPSA) is 41.1 Å². The van der Waals surface area contributed by atoms with Crippen LogP contribution >= 0.6 is 22.9 Å². The summed E-state index contributed by atoms with van der Waals surface area (Å²) in [7, 11) is 0. The van der Waals surface area contributed by atoms with E-state index >= 15 is 0 Å². The first-order valence-corrected chi connectivity index (χ1v) is 9.30. The average Bonchev–Trinajstić information content (AvgIpc) is 3.16. The molecule has 2 N–H and O–H groups in total. The molecular formula is C20H19ClN2OS. The van der Waals surface area contributed by atoms with Crippen LogP contribution in [0, 0.1) is 0 Å². The number of hydrogen-bond acceptors (Lipinski definition) is 3. The standard InChI is InChI=1S/C20H19ClN2OS/c1-14(20(24)23-17-11-9-16(21)10-12-17)22-19(18-8-5-13-25-18)15-6-3-2-4-7-15/h2-14,19,22H,1H3,(H,23,24)/t14-,19-/m1/s1. The Hall–Kier alpha value is -2.14. The fraction of sp³-hybridized carbons (Fsp3) is 0.150. The molecule has 2 atom stereocenters. The van der Waals surface area contributed by atoms with E-state index in [0.717, 1.165) is 11.3 Å². The van der Waals surface area contributed by atoms with E-state index in [4.69, 9.17) is 11.6 Å². The summed E-state index contributed by atoms with van der Waals surface area (Å²) in [5.74, 6) is -0.0835. The molecule has 0 bridgehead atoms. The lowest BCUT2D eigenvalue weighted by molar-refractivity contribution is -0.117. The lowest BCUT2D eigenvalue weighted by Crippen LogP contribution is -2.40. The number of thiophene rings is 1. The fourth-order valence-electron chi connectivity index (χ4n) is 2.55. The monoisotopic (exact) mass is 370 g/mol. The summed E-state index contributed by atoms with van der Waals surface area (Å²) in [5.41, 5.74) is 1.87. The number of carbonyl (C=O) groups is 1. The van der Waals surface area contributed by atoms with Crippen LogP contribution in [0.1, 0.15) is 23.4 Å². The molecule has 1 amide bonds. The molecule has 0 unspecified atom stereocenters. The minimum absolute atomic E-state index is 0.0211. The van der Waals surface area contributed by atoms with Crippen LogP contribution in [0.2, 0.25) is 5.02 Å². The second-order valence-corrected chi connectivity index (χ2v) is 7.16. The van der Waals surface area contributed by atoms with E-state index in [9.17, 15) is 4.79 Å². The van der Waals surface area contributed by atoms with Gasteiger partial charge in [0, 0.05) is 15.6 Å². The summed E-state index contributed by atoms with van der Waals surface area (Å²) in [6, 6.07) is 21.0. The van der Waals surface area contributed by atoms with E-state index in [2.05, 4.69) is 28.8 Å². The first-order chi connectivity index (χ1) is 12.1. The van der Waals surface area contributed by atoms with Crippen molar-refractivity contribution in [1.82, 2.24) is 5.32 Å². The molecule has 3 nitrogen and oxygen atoms in total. The Kier molecular flexibility index (Phi) is 5.87. The zero-order valence-electron chi connectivity index (χ0n) is 13.8. The van der Waals surface area contributed by atoms with Gasteiger partial charge in [0.15, 0.2) is 0 Å². The molecule has 0 fully saturated rings. The van der Waals surface area contributed by atoms with Crippen LogP contribution in [0.5, 0.6) is 0 Å². The average molecular weight is 371 g/mol. The highest BCUT2D eigenvalue weighted by Crippen LogP contribution is 2.26. The van der Waals surface area contributed by atoms with Gasteiger partial charge in [-0.2, -0.15) is 0 Å². The molecule has 25 heavy (non-hydrogen) atoms. The zero-order valence-corrected chi connectivity index (χ0v) is 15.3. The maximum absolute atomic E-state index is 12.5. The summed E-state index contributed by atoms with van der Waals surface area (Å²) >= 11 is 7.56. The zero-order chi connectivity index (χ0) is 17.6. The first-order valence-electron chi connectivity index (χ1n) is 8.04. The summed E-state index contributed by atoms with van der Waals surface area (Å²) in [6.45, 7) is 1.87. The van der Waals surface area contributed by atoms with Gasteiger partial charge in [-0.3, -0.25) is 10.1 Å². The second-order valence-electron chi connectivity index (χ2n) is 5.74. The third-order valence-electron chi connectivity index (χ3n) is 3.88. The molecule has 0 saturated carbocycles. The Balaban J connectivity index is 1.72. The van der Waals surface area contributed by atoms with Crippen molar-refractivity contribution < 1.29 is 4.79 Å². The van der Waals surface area contributed by atoms with Crippen LogP contribution < -0.4 is 10.6 Å². The van der Waals surface area contributed by atoms with E-state index in [1.165, 1.54) is 4.88 Å². The van der Waals surface area contributed by atoms with Gasteiger partial charge in [-0.05, 0) is 48.2 Å². The van der Waals surface area contributed by atoms with Gasteiger partial charge < -0.3 is 5.32 Å². The molecule has 0 aliphatic rings. The van der Waals surface area contributed by atoms with Crippen LogP contribution in [0.4, 0.5) is 5.69 Å². The molecule has 1 aromatic heterocycles. The van der Waals surface area contributed by atoms with Crippen LogP contribution in [-0.4, -0.2) is 11.9 Å². The molecule has 0 aliphatic heterocycles. The number of halogens is 1. The Morgan fingerprint density at radius 2 is 1.72 bits per heavy atom. The van der Waals surface area contributed by atoms with Gasteiger partial charge in [-0.25, -0.2) is 0 Å². The SMILES string of the molecule is C[C@@H](N[C@H](c1ccccc1)c1cccs1)C(=O)Nc1ccc(Cl)cc1. The number of carbonyl (C=O) groups excluding carboxylic acids is 1. The smallest absolute Gasteiger partial charge is 0.241 e. The number of nitrogens with one attached hydrogen (secondary N) is 2. The Morgan fingerprint density at radius 1 is 1.00 bits per heavy atom. The van der Waals surface area contributed by atoms with Crippen molar-refractivity contribution >= 4 is 34.5 Å². The first kappa shape index (κ1) is 17.7. The van der Waals surface area contributed by atoms with E-state index in [-0.39, 0.29) is 18.0 Å². The quantitative estimate of drug-likeness (QED) is 0.633. The van der Waals surface area contributed by atoms with Gasteiger partial charge in [-0.15, -0.1) is 11.3 Å². The predicted octanol–water partition coefficient (Wildman–Crippen LogP) is 5.11. The largest absolute Gasteiger partial charge is 0.325 e. The second kappa shape index (κ2) is 8.30. The molecule has 0 aliphatic carbocycles. The molecule has 2 aromatic carbocycles. The van der Waals surface area contributed by atoms with Crippen molar-refractivity contribution in [3.63, 3.8) is 0 Å². The fourth-order valence-corrected chi connectivity index (χ4v) is 3.49. The lowest BCUT2D eigenvalue weighted by Gasteiger charge is -2.22. The van der Waals surface area contributed by atoms with Crippen molar-refractivity contribution in [2.45, 2.75) is 19.0 Å². The maximum Gasteiger partial charge on any atom is 0.241 e. The van der Waals surface area contributed by atoms with Crippen molar-refractivity contribution in [3.8, 4) is 0 Å². The summed E-state index contributed by atoms with van der Waals surface area (Å²) in [5, 5.41) is 9.05. The minimum Gasteiger partial charge on any atom is -0.325 e. The third kappa shape index (κ3) is 4.69. The maximum atomic E-state index is 12.5. The highest BCUT2D eigenvalue weighted by Gasteiger charge is 2.21. The number of hydrogen-bond donors (Lipinski definition) is 2. The summed E-state index contributed by atoms with van der Waals surface area (Å²) < 4.78 is 0. The molecule has 3 rings (SSSR count). The van der Waals surface area contributed by atoms with Crippen molar-refractivity contribution in [2.75, 3.05) is 5.32 Å². The Bertz CT molecular complexity index is 803. The predicted molar refractivity (Wildman–Crippen MR) is 105 cm³/mol. The van der Waals surface area contributed by atoms with Crippen molar-refractivity contribution in [1.29, 1.82) is 0 Å². The molecule has 1 heterocycles. The minimum atomic E-state index is -0.358. The van der Waals surface area contributed by atoms with Gasteiger partial charge in [0.05, 0.1) is 12.1 Å². The number of benzene rings is 2. The molecule has 0 spiro atoms. The molecule has 5 heteroatoms. The number of amides is 1. The molecule has 3 aromatic rings. The summed E-state index contributed by atoms with van der Waals surface area (Å²) in [4.78, 5) is 13.7. The van der Waals surface area contributed by atoms with Crippen molar-refractivity contribution in [2.24, 2.45) is 0 Å². The Morgan fingerprint density at radius 3 is 2.36 bits per heavy atom. The highest BCUT2D eigenvalue weighted by atomic mass is 35.5. The normalized spacial score (nSPS) is 13.2. The van der Waals surface area contributed by atoms with Crippen LogP contribution in [0.25, 0.3) is 0 Å². The van der Waals surface area contributed by atoms with E-state index in [1.807, 2.05) is 36.6 Å². The van der Waals surface area contributed by atoms with E-state index in [0.29, 0.717) is 5.02 Å². The van der Waals surface area contributed by atoms with Crippen LogP contribution in [0.3, 0.4) is 0 Å². The van der Waals surface area contributed by atoms with E-state index < -0.39 is 0 Å². The Labute approximate surface area is 156 Å². The highest BCUT2D eigenvalue weighted by molar-refractivity contribution is 7.10. The number of anilines is 1. The molecule has 128 valence electrons. The van der Waals surface area contributed by atoms with Gasteiger partial charge >= 0.3 is 0 Å². The molecule has 0 saturated heterocycles. The van der Waals surface area contributed by atoms with Gasteiger partial charge in [0.25, 0.3) is 0 Å². The van der Waals surface area contributed by atoms with Crippen molar-refractivity contribution in [3.05, 3.63) is 87.6 Å². The van der Waals surface area contributed by atoms with Gasteiger partial charge in [0.1, 0.15) is 0 Å². The molecular weight excluding hydrogens is 352 g/mol. The third-order valence-corrected chi connectivity index (χ3v) is 5.07. The lowest BCUT2D eigenvalue weighted by atomic mass is 10.0. The van der Waals surface area contributed by atoms with Gasteiger partial charge in [-0.1, -0.05) is 48.0 Å². The van der Waals surface area contributed by atoms with E-state index in [1.54, 1.807) is 35.6 Å². The van der Waals surface area contributed by atoms with Gasteiger partial charge in [0.2, 0.25) is 5.91 Å². The van der Waals surface area contributed by atoms with Crippen LogP contribution in [-0.2, 0) is 4.79 Å².